The summed E-state index contributed by atoms with van der Waals surface area (Å²) in [4.78, 5) is 10.6. The molecule has 0 aromatic carbocycles. The maximum absolute atomic E-state index is 11.5. The summed E-state index contributed by atoms with van der Waals surface area (Å²) in [6.45, 7) is -1.98. The lowest BCUT2D eigenvalue weighted by atomic mass is 9.93. The molecule has 0 aliphatic rings. The van der Waals surface area contributed by atoms with Gasteiger partial charge in [-0.1, -0.05) is 0 Å². The predicted octanol–water partition coefficient (Wildman–Crippen LogP) is -1.02. The van der Waals surface area contributed by atoms with Gasteiger partial charge in [-0.05, 0) is 0 Å². The zero-order valence-corrected chi connectivity index (χ0v) is 7.52. The maximum atomic E-state index is 11.5. The van der Waals surface area contributed by atoms with Crippen LogP contribution in [0.2, 0.25) is 0 Å². The third-order valence-corrected chi connectivity index (χ3v) is 1.73. The van der Waals surface area contributed by atoms with E-state index in [-0.39, 0.29) is 12.9 Å². The predicted molar refractivity (Wildman–Crippen MR) is 44.9 cm³/mol. The summed E-state index contributed by atoms with van der Waals surface area (Å²) in [5.74, 6) is -0.938. The Hall–Kier alpha value is -0.980. The lowest BCUT2D eigenvalue weighted by molar-refractivity contribution is -0.145. The maximum Gasteiger partial charge on any atom is 0.333 e. The van der Waals surface area contributed by atoms with Crippen molar-refractivity contribution in [1.29, 1.82) is 0 Å². The molecular weight excluding hydrogens is 195 g/mol. The van der Waals surface area contributed by atoms with Gasteiger partial charge >= 0.3 is 5.97 Å². The first kappa shape index (κ1) is 13.0. The van der Waals surface area contributed by atoms with E-state index in [4.69, 9.17) is 15.3 Å². The number of aliphatic hydroxyl groups excluding tert-OH is 3. The standard InChI is InChI=1S/C8H13FO5/c9-2-1-7(13)14-6-8(3-10,4-11)5-12/h1-2,10-12H,3-6H2. The number of rotatable bonds is 6. The van der Waals surface area contributed by atoms with Gasteiger partial charge in [0, 0.05) is 0 Å². The Morgan fingerprint density at radius 1 is 1.29 bits per heavy atom. The lowest BCUT2D eigenvalue weighted by Gasteiger charge is -2.25. The molecule has 0 rings (SSSR count). The average molecular weight is 208 g/mol. The van der Waals surface area contributed by atoms with Gasteiger partial charge < -0.3 is 20.1 Å². The molecule has 0 aliphatic carbocycles. The summed E-state index contributed by atoms with van der Waals surface area (Å²) in [5.41, 5.74) is -1.28. The second kappa shape index (κ2) is 6.47. The van der Waals surface area contributed by atoms with Crippen LogP contribution in [0, 0.1) is 5.41 Å². The van der Waals surface area contributed by atoms with E-state index in [9.17, 15) is 9.18 Å². The van der Waals surface area contributed by atoms with Crippen LogP contribution in [-0.4, -0.2) is 47.7 Å². The Balaban J connectivity index is 4.12. The highest BCUT2D eigenvalue weighted by molar-refractivity contribution is 5.81. The molecule has 0 bridgehead atoms. The molecule has 82 valence electrons. The van der Waals surface area contributed by atoms with Crippen molar-refractivity contribution in [3.63, 3.8) is 0 Å². The largest absolute Gasteiger partial charge is 0.462 e. The second-order valence-corrected chi connectivity index (χ2v) is 2.87. The molecule has 0 atom stereocenters. The van der Waals surface area contributed by atoms with Crippen molar-refractivity contribution in [3.05, 3.63) is 12.4 Å². The Bertz CT molecular complexity index is 192. The molecule has 0 unspecified atom stereocenters. The third-order valence-electron chi connectivity index (χ3n) is 1.73. The Kier molecular flexibility index (Phi) is 6.02. The number of carbonyl (C=O) groups excluding carboxylic acids is 1. The topological polar surface area (TPSA) is 87.0 Å². The first-order valence-corrected chi connectivity index (χ1v) is 3.90. The smallest absolute Gasteiger partial charge is 0.333 e. The molecule has 0 heterocycles. The van der Waals surface area contributed by atoms with Gasteiger partial charge in [-0.2, -0.15) is 0 Å². The lowest BCUT2D eigenvalue weighted by Crippen LogP contribution is -2.39. The van der Waals surface area contributed by atoms with Crippen LogP contribution in [0.5, 0.6) is 0 Å². The first-order valence-electron chi connectivity index (χ1n) is 3.90. The fraction of sp³-hybridized carbons (Fsp3) is 0.625. The summed E-state index contributed by atoms with van der Waals surface area (Å²) >= 11 is 0. The van der Waals surface area contributed by atoms with E-state index in [0.29, 0.717) is 6.08 Å². The molecule has 3 N–H and O–H groups in total. The van der Waals surface area contributed by atoms with E-state index < -0.39 is 31.2 Å². The van der Waals surface area contributed by atoms with Crippen molar-refractivity contribution in [3.8, 4) is 0 Å². The Morgan fingerprint density at radius 2 is 1.79 bits per heavy atom. The summed E-state index contributed by atoms with van der Waals surface area (Å²) in [6.07, 6.45) is 0.567. The van der Waals surface area contributed by atoms with Crippen LogP contribution in [0.15, 0.2) is 12.4 Å². The minimum Gasteiger partial charge on any atom is -0.462 e. The molecule has 0 saturated heterocycles. The monoisotopic (exact) mass is 208 g/mol. The van der Waals surface area contributed by atoms with Crippen LogP contribution >= 0.6 is 0 Å². The molecule has 0 saturated carbocycles. The van der Waals surface area contributed by atoms with E-state index in [1.165, 1.54) is 0 Å². The van der Waals surface area contributed by atoms with Gasteiger partial charge in [-0.15, -0.1) is 0 Å². The van der Waals surface area contributed by atoms with E-state index >= 15 is 0 Å². The number of halogens is 1. The summed E-state index contributed by atoms with van der Waals surface area (Å²) in [5, 5.41) is 26.4. The Morgan fingerprint density at radius 3 is 2.14 bits per heavy atom. The van der Waals surface area contributed by atoms with Crippen molar-refractivity contribution in [2.45, 2.75) is 0 Å². The molecule has 6 heteroatoms. The highest BCUT2D eigenvalue weighted by Crippen LogP contribution is 2.14. The molecule has 0 radical (unpaired) electrons. The fourth-order valence-corrected chi connectivity index (χ4v) is 0.611. The number of carbonyl (C=O) groups is 1. The van der Waals surface area contributed by atoms with Crippen LogP contribution < -0.4 is 0 Å². The highest BCUT2D eigenvalue weighted by atomic mass is 19.1. The first-order chi connectivity index (χ1) is 6.64. The summed E-state index contributed by atoms with van der Waals surface area (Å²) in [7, 11) is 0. The van der Waals surface area contributed by atoms with Crippen molar-refractivity contribution < 1.29 is 29.2 Å². The summed E-state index contributed by atoms with van der Waals surface area (Å²) in [6, 6.07) is 0. The molecule has 0 fully saturated rings. The van der Waals surface area contributed by atoms with Gasteiger partial charge in [-0.25, -0.2) is 9.18 Å². The molecule has 14 heavy (non-hydrogen) atoms. The van der Waals surface area contributed by atoms with Crippen molar-refractivity contribution in [2.75, 3.05) is 26.4 Å². The van der Waals surface area contributed by atoms with Crippen LogP contribution in [0.25, 0.3) is 0 Å². The fourth-order valence-electron chi connectivity index (χ4n) is 0.611. The normalized spacial score (nSPS) is 12.0. The minimum atomic E-state index is -1.28. The van der Waals surface area contributed by atoms with Crippen molar-refractivity contribution in [2.24, 2.45) is 5.41 Å². The van der Waals surface area contributed by atoms with Gasteiger partial charge in [0.05, 0.1) is 37.6 Å². The number of esters is 1. The van der Waals surface area contributed by atoms with Crippen LogP contribution in [0.3, 0.4) is 0 Å². The summed E-state index contributed by atoms with van der Waals surface area (Å²) < 4.78 is 16.0. The number of ether oxygens (including phenoxy) is 1. The molecular formula is C8H13FO5. The van der Waals surface area contributed by atoms with Gasteiger partial charge in [0.1, 0.15) is 6.61 Å². The second-order valence-electron chi connectivity index (χ2n) is 2.87. The van der Waals surface area contributed by atoms with Crippen molar-refractivity contribution >= 4 is 5.97 Å². The SMILES string of the molecule is O=C(C=CF)OCC(CO)(CO)CO. The molecule has 0 spiro atoms. The quantitative estimate of drug-likeness (QED) is 0.384. The van der Waals surface area contributed by atoms with E-state index in [1.54, 1.807) is 0 Å². The number of hydrogen-bond acceptors (Lipinski definition) is 5. The molecule has 0 aliphatic heterocycles. The highest BCUT2D eigenvalue weighted by Gasteiger charge is 2.29. The van der Waals surface area contributed by atoms with E-state index in [0.717, 1.165) is 0 Å². The van der Waals surface area contributed by atoms with Crippen LogP contribution in [0.4, 0.5) is 4.39 Å². The molecule has 5 nitrogen and oxygen atoms in total. The number of aliphatic hydroxyl groups is 3. The van der Waals surface area contributed by atoms with Gasteiger partial charge in [0.15, 0.2) is 0 Å². The van der Waals surface area contributed by atoms with Gasteiger partial charge in [-0.3, -0.25) is 0 Å². The average Bonchev–Trinajstić information content (AvgIpc) is 2.21. The third kappa shape index (κ3) is 3.82. The molecule has 0 aromatic heterocycles. The zero-order chi connectivity index (χ0) is 11.0. The van der Waals surface area contributed by atoms with Gasteiger partial charge in [0.25, 0.3) is 0 Å². The molecule has 0 amide bonds. The van der Waals surface area contributed by atoms with Gasteiger partial charge in [0.2, 0.25) is 0 Å². The van der Waals surface area contributed by atoms with Crippen LogP contribution in [0.1, 0.15) is 0 Å². The minimum absolute atomic E-state index is 0.0147. The zero-order valence-electron chi connectivity index (χ0n) is 7.52. The van der Waals surface area contributed by atoms with E-state index in [1.807, 2.05) is 0 Å². The van der Waals surface area contributed by atoms with E-state index in [2.05, 4.69) is 4.74 Å². The number of hydrogen-bond donors (Lipinski definition) is 3. The van der Waals surface area contributed by atoms with Crippen LogP contribution in [-0.2, 0) is 9.53 Å². The van der Waals surface area contributed by atoms with Crippen molar-refractivity contribution in [1.82, 2.24) is 0 Å². The molecule has 0 aromatic rings. The Labute approximate surface area is 80.4 Å².